The van der Waals surface area contributed by atoms with Crippen LogP contribution in [0.25, 0.3) is 0 Å². The van der Waals surface area contributed by atoms with Gasteiger partial charge in [-0.2, -0.15) is 0 Å². The first kappa shape index (κ1) is 14.2. The zero-order valence-corrected chi connectivity index (χ0v) is 12.8. The summed E-state index contributed by atoms with van der Waals surface area (Å²) in [7, 11) is 0. The molecule has 0 aromatic heterocycles. The van der Waals surface area contributed by atoms with E-state index >= 15 is 0 Å². The molecule has 0 fully saturated rings. The van der Waals surface area contributed by atoms with Crippen molar-refractivity contribution >= 4 is 0 Å². The number of rotatable bonds is 3. The molecule has 2 aromatic rings. The van der Waals surface area contributed by atoms with E-state index in [1.807, 2.05) is 6.07 Å². The second-order valence-electron chi connectivity index (χ2n) is 6.31. The van der Waals surface area contributed by atoms with Crippen LogP contribution in [0.1, 0.15) is 42.4 Å². The Morgan fingerprint density at radius 1 is 1.14 bits per heavy atom. The highest BCUT2D eigenvalue weighted by Crippen LogP contribution is 2.40. The summed E-state index contributed by atoms with van der Waals surface area (Å²) < 4.78 is 5.76. The zero-order valence-electron chi connectivity index (χ0n) is 12.8. The molecule has 0 aliphatic carbocycles. The molecule has 1 heterocycles. The summed E-state index contributed by atoms with van der Waals surface area (Å²) in [6.07, 6.45) is 1.98. The third kappa shape index (κ3) is 2.81. The predicted molar refractivity (Wildman–Crippen MR) is 86.6 cm³/mol. The van der Waals surface area contributed by atoms with Crippen molar-refractivity contribution in [1.82, 2.24) is 0 Å². The molecule has 2 atom stereocenters. The number of para-hydroxylation sites is 1. The van der Waals surface area contributed by atoms with Crippen LogP contribution in [0.15, 0.2) is 48.5 Å². The summed E-state index contributed by atoms with van der Waals surface area (Å²) in [4.78, 5) is 0. The molecule has 0 amide bonds. The molecular formula is C19H23NO. The van der Waals surface area contributed by atoms with E-state index in [0.717, 1.165) is 25.2 Å². The Bertz CT molecular complexity index is 633. The predicted octanol–water partition coefficient (Wildman–Crippen LogP) is 4.13. The molecule has 2 N–H and O–H groups in total. The first-order chi connectivity index (χ1) is 10.1. The molecule has 2 heteroatoms. The van der Waals surface area contributed by atoms with E-state index in [1.165, 1.54) is 16.7 Å². The first-order valence-corrected chi connectivity index (χ1v) is 7.64. The smallest absolute Gasteiger partial charge is 0.122 e. The van der Waals surface area contributed by atoms with Crippen molar-refractivity contribution in [2.45, 2.75) is 38.1 Å². The van der Waals surface area contributed by atoms with Gasteiger partial charge in [-0.1, -0.05) is 42.5 Å². The summed E-state index contributed by atoms with van der Waals surface area (Å²) in [6.45, 7) is 5.07. The lowest BCUT2D eigenvalue weighted by Gasteiger charge is -2.34. The molecule has 0 bridgehead atoms. The molecule has 0 radical (unpaired) electrons. The number of ether oxygens (including phenoxy) is 1. The maximum atomic E-state index is 6.69. The van der Waals surface area contributed by atoms with Crippen LogP contribution in [-0.4, -0.2) is 6.61 Å². The molecule has 1 aliphatic rings. The van der Waals surface area contributed by atoms with Gasteiger partial charge in [-0.15, -0.1) is 0 Å². The van der Waals surface area contributed by atoms with Gasteiger partial charge in [0.2, 0.25) is 0 Å². The monoisotopic (exact) mass is 281 g/mol. The molecule has 2 unspecified atom stereocenters. The Morgan fingerprint density at radius 3 is 2.67 bits per heavy atom. The SMILES string of the molecule is Cc1ccccc1C(C)(N)CC1CCOc2ccccc21. The Balaban J connectivity index is 1.89. The van der Waals surface area contributed by atoms with Gasteiger partial charge in [0.15, 0.2) is 0 Å². The van der Waals surface area contributed by atoms with Gasteiger partial charge in [-0.3, -0.25) is 0 Å². The fourth-order valence-corrected chi connectivity index (χ4v) is 3.46. The van der Waals surface area contributed by atoms with Crippen LogP contribution >= 0.6 is 0 Å². The Hall–Kier alpha value is -1.80. The normalized spacial score (nSPS) is 20.2. The third-order valence-electron chi connectivity index (χ3n) is 4.51. The number of benzene rings is 2. The minimum Gasteiger partial charge on any atom is -0.493 e. The largest absolute Gasteiger partial charge is 0.493 e. The average Bonchev–Trinajstić information content (AvgIpc) is 2.47. The fraction of sp³-hybridized carbons (Fsp3) is 0.368. The van der Waals surface area contributed by atoms with E-state index < -0.39 is 0 Å². The van der Waals surface area contributed by atoms with E-state index in [2.05, 4.69) is 56.3 Å². The molecule has 21 heavy (non-hydrogen) atoms. The lowest BCUT2D eigenvalue weighted by Crippen LogP contribution is -2.36. The van der Waals surface area contributed by atoms with Gasteiger partial charge in [0.1, 0.15) is 5.75 Å². The number of hydrogen-bond donors (Lipinski definition) is 1. The van der Waals surface area contributed by atoms with Crippen LogP contribution in [0.4, 0.5) is 0 Å². The highest BCUT2D eigenvalue weighted by Gasteiger charge is 2.30. The topological polar surface area (TPSA) is 35.2 Å². The quantitative estimate of drug-likeness (QED) is 0.918. The molecule has 1 aliphatic heterocycles. The van der Waals surface area contributed by atoms with Crippen molar-refractivity contribution in [2.24, 2.45) is 5.73 Å². The van der Waals surface area contributed by atoms with Gasteiger partial charge in [0.25, 0.3) is 0 Å². The van der Waals surface area contributed by atoms with Crippen molar-refractivity contribution in [3.8, 4) is 5.75 Å². The third-order valence-corrected chi connectivity index (χ3v) is 4.51. The number of aryl methyl sites for hydroxylation is 1. The minimum absolute atomic E-state index is 0.319. The standard InChI is InChI=1S/C19H23NO/c1-14-7-3-5-9-17(14)19(2,20)13-15-11-12-21-18-10-6-4-8-16(15)18/h3-10,15H,11-13,20H2,1-2H3. The fourth-order valence-electron chi connectivity index (χ4n) is 3.46. The Kier molecular flexibility index (Phi) is 3.73. The second-order valence-corrected chi connectivity index (χ2v) is 6.31. The summed E-state index contributed by atoms with van der Waals surface area (Å²) in [6, 6.07) is 16.8. The second kappa shape index (κ2) is 5.53. The lowest BCUT2D eigenvalue weighted by atomic mass is 9.77. The van der Waals surface area contributed by atoms with Crippen molar-refractivity contribution in [1.29, 1.82) is 0 Å². The molecule has 2 aromatic carbocycles. The van der Waals surface area contributed by atoms with E-state index in [1.54, 1.807) is 0 Å². The van der Waals surface area contributed by atoms with Crippen LogP contribution < -0.4 is 10.5 Å². The van der Waals surface area contributed by atoms with Gasteiger partial charge >= 0.3 is 0 Å². The number of hydrogen-bond acceptors (Lipinski definition) is 2. The maximum absolute atomic E-state index is 6.69. The summed E-state index contributed by atoms with van der Waals surface area (Å²) in [5.74, 6) is 1.49. The van der Waals surface area contributed by atoms with Gasteiger partial charge in [-0.05, 0) is 55.4 Å². The molecule has 3 rings (SSSR count). The van der Waals surface area contributed by atoms with Crippen molar-refractivity contribution in [3.63, 3.8) is 0 Å². The van der Waals surface area contributed by atoms with E-state index in [4.69, 9.17) is 10.5 Å². The van der Waals surface area contributed by atoms with E-state index in [9.17, 15) is 0 Å². The minimum atomic E-state index is -0.319. The summed E-state index contributed by atoms with van der Waals surface area (Å²) in [5.41, 5.74) is 10.2. The van der Waals surface area contributed by atoms with Crippen LogP contribution in [0.3, 0.4) is 0 Å². The molecule has 110 valence electrons. The van der Waals surface area contributed by atoms with E-state index in [0.29, 0.717) is 5.92 Å². The molecule has 0 spiro atoms. The van der Waals surface area contributed by atoms with Crippen LogP contribution in [0.5, 0.6) is 5.75 Å². The number of fused-ring (bicyclic) bond motifs is 1. The average molecular weight is 281 g/mol. The van der Waals surface area contributed by atoms with Crippen molar-refractivity contribution in [3.05, 3.63) is 65.2 Å². The Labute approximate surface area is 126 Å². The highest BCUT2D eigenvalue weighted by atomic mass is 16.5. The summed E-state index contributed by atoms with van der Waals surface area (Å²) in [5, 5.41) is 0. The lowest BCUT2D eigenvalue weighted by molar-refractivity contribution is 0.247. The highest BCUT2D eigenvalue weighted by molar-refractivity contribution is 5.39. The Morgan fingerprint density at radius 2 is 1.86 bits per heavy atom. The summed E-state index contributed by atoms with van der Waals surface area (Å²) >= 11 is 0. The van der Waals surface area contributed by atoms with Gasteiger partial charge in [0, 0.05) is 5.54 Å². The van der Waals surface area contributed by atoms with Crippen LogP contribution in [0, 0.1) is 6.92 Å². The van der Waals surface area contributed by atoms with Crippen molar-refractivity contribution in [2.75, 3.05) is 6.61 Å². The maximum Gasteiger partial charge on any atom is 0.122 e. The van der Waals surface area contributed by atoms with Crippen LogP contribution in [0.2, 0.25) is 0 Å². The van der Waals surface area contributed by atoms with E-state index in [-0.39, 0.29) is 5.54 Å². The van der Waals surface area contributed by atoms with Crippen molar-refractivity contribution < 1.29 is 4.74 Å². The van der Waals surface area contributed by atoms with Crippen LogP contribution in [-0.2, 0) is 5.54 Å². The molecule has 0 saturated heterocycles. The zero-order chi connectivity index (χ0) is 14.9. The molecule has 0 saturated carbocycles. The number of nitrogens with two attached hydrogens (primary N) is 1. The molecule has 2 nitrogen and oxygen atoms in total. The van der Waals surface area contributed by atoms with Gasteiger partial charge < -0.3 is 10.5 Å². The first-order valence-electron chi connectivity index (χ1n) is 7.64. The van der Waals surface area contributed by atoms with Gasteiger partial charge in [0.05, 0.1) is 6.61 Å². The van der Waals surface area contributed by atoms with Gasteiger partial charge in [-0.25, -0.2) is 0 Å². The molecular weight excluding hydrogens is 258 g/mol.